The molecule has 0 radical (unpaired) electrons. The fraction of sp³-hybridized carbons (Fsp3) is 0.312. The average Bonchev–Trinajstić information content (AvgIpc) is 2.89. The van der Waals surface area contributed by atoms with Crippen molar-refractivity contribution in [1.82, 2.24) is 8.96 Å². The number of aryl methyl sites for hydroxylation is 1. The topological polar surface area (TPSA) is 52.0 Å². The Bertz CT molecular complexity index is 791. The lowest BCUT2D eigenvalue weighted by atomic mass is 10.2. The van der Waals surface area contributed by atoms with Crippen LogP contribution in [0.1, 0.15) is 37.2 Å². The molecule has 0 bridgehead atoms. The van der Waals surface area contributed by atoms with Crippen LogP contribution in [0.4, 0.5) is 0 Å². The number of hydrogen-bond acceptors (Lipinski definition) is 3. The van der Waals surface area contributed by atoms with Crippen LogP contribution in [0, 0.1) is 18.8 Å². The Morgan fingerprint density at radius 1 is 1.19 bits per heavy atom. The molecule has 5 heteroatoms. The molecule has 1 heterocycles. The predicted octanol–water partition coefficient (Wildman–Crippen LogP) is 2.75. The lowest BCUT2D eigenvalue weighted by molar-refractivity contribution is 0.585. The molecule has 0 aliphatic rings. The standard InChI is InChI=1S/C16H18N2O2S/c1-4-6-7-15-16(5-2)18(12-17-15)21(19,20)14-10-8-13(3)9-11-14/h8-12H,4-5H2,1-3H3. The number of benzene rings is 1. The fourth-order valence-electron chi connectivity index (χ4n) is 1.99. The van der Waals surface area contributed by atoms with E-state index in [1.165, 1.54) is 10.3 Å². The highest BCUT2D eigenvalue weighted by Gasteiger charge is 2.21. The number of nitrogens with zero attached hydrogens (tertiary/aromatic N) is 2. The van der Waals surface area contributed by atoms with Gasteiger partial charge in [0.2, 0.25) is 0 Å². The molecule has 1 aromatic heterocycles. The molecule has 21 heavy (non-hydrogen) atoms. The van der Waals surface area contributed by atoms with Gasteiger partial charge in [-0.15, -0.1) is 0 Å². The van der Waals surface area contributed by atoms with Gasteiger partial charge in [-0.3, -0.25) is 0 Å². The van der Waals surface area contributed by atoms with Crippen molar-refractivity contribution in [3.05, 3.63) is 47.5 Å². The Morgan fingerprint density at radius 3 is 2.43 bits per heavy atom. The van der Waals surface area contributed by atoms with Gasteiger partial charge in [0.05, 0.1) is 10.6 Å². The first-order valence-corrected chi connectivity index (χ1v) is 8.32. The smallest absolute Gasteiger partial charge is 0.227 e. The third-order valence-corrected chi connectivity index (χ3v) is 4.83. The van der Waals surface area contributed by atoms with Crippen LogP contribution < -0.4 is 0 Å². The van der Waals surface area contributed by atoms with E-state index >= 15 is 0 Å². The second-order valence-corrected chi connectivity index (χ2v) is 6.48. The Morgan fingerprint density at radius 2 is 1.86 bits per heavy atom. The lowest BCUT2D eigenvalue weighted by Crippen LogP contribution is -2.15. The second-order valence-electron chi connectivity index (χ2n) is 4.66. The first-order chi connectivity index (χ1) is 10.0. The van der Waals surface area contributed by atoms with Gasteiger partial charge in [0.25, 0.3) is 10.0 Å². The summed E-state index contributed by atoms with van der Waals surface area (Å²) in [6.45, 7) is 5.76. The zero-order valence-corrected chi connectivity index (χ0v) is 13.2. The summed E-state index contributed by atoms with van der Waals surface area (Å²) in [5, 5.41) is 0. The Balaban J connectivity index is 2.55. The largest absolute Gasteiger partial charge is 0.269 e. The molecule has 110 valence electrons. The van der Waals surface area contributed by atoms with Crippen molar-refractivity contribution in [3.8, 4) is 11.8 Å². The Hall–Kier alpha value is -2.06. The van der Waals surface area contributed by atoms with E-state index in [0.29, 0.717) is 24.2 Å². The van der Waals surface area contributed by atoms with Crippen LogP contribution in [0.15, 0.2) is 35.5 Å². The van der Waals surface area contributed by atoms with Gasteiger partial charge in [0.15, 0.2) is 0 Å². The number of imidazole rings is 1. The summed E-state index contributed by atoms with van der Waals surface area (Å²) in [7, 11) is -3.62. The van der Waals surface area contributed by atoms with Crippen LogP contribution in [0.5, 0.6) is 0 Å². The highest BCUT2D eigenvalue weighted by Crippen LogP contribution is 2.18. The minimum Gasteiger partial charge on any atom is -0.227 e. The minimum absolute atomic E-state index is 0.259. The van der Waals surface area contributed by atoms with Gasteiger partial charge in [0.1, 0.15) is 12.0 Å². The maximum absolute atomic E-state index is 12.7. The van der Waals surface area contributed by atoms with Crippen molar-refractivity contribution < 1.29 is 8.42 Å². The highest BCUT2D eigenvalue weighted by atomic mass is 32.2. The average molecular weight is 302 g/mol. The molecule has 0 aliphatic carbocycles. The quantitative estimate of drug-likeness (QED) is 0.819. The molecular formula is C16H18N2O2S. The summed E-state index contributed by atoms with van der Waals surface area (Å²) in [6.07, 6.45) is 2.60. The van der Waals surface area contributed by atoms with E-state index in [-0.39, 0.29) is 4.90 Å². The minimum atomic E-state index is -3.62. The highest BCUT2D eigenvalue weighted by molar-refractivity contribution is 7.90. The molecule has 0 amide bonds. The van der Waals surface area contributed by atoms with E-state index in [1.54, 1.807) is 24.3 Å². The number of hydrogen-bond donors (Lipinski definition) is 0. The third kappa shape index (κ3) is 3.01. The van der Waals surface area contributed by atoms with Crippen LogP contribution in [-0.4, -0.2) is 17.4 Å². The predicted molar refractivity (Wildman–Crippen MR) is 82.5 cm³/mol. The van der Waals surface area contributed by atoms with Gasteiger partial charge in [-0.2, -0.15) is 0 Å². The van der Waals surface area contributed by atoms with Crippen LogP contribution in [-0.2, 0) is 16.4 Å². The van der Waals surface area contributed by atoms with Crippen molar-refractivity contribution >= 4 is 10.0 Å². The number of aromatic nitrogens is 2. The molecule has 0 saturated carbocycles. The SMILES string of the molecule is CCC#Cc1ncn(S(=O)(=O)c2ccc(C)cc2)c1CC. The molecule has 4 nitrogen and oxygen atoms in total. The van der Waals surface area contributed by atoms with E-state index in [2.05, 4.69) is 16.8 Å². The summed E-state index contributed by atoms with van der Waals surface area (Å²) < 4.78 is 26.6. The van der Waals surface area contributed by atoms with E-state index in [4.69, 9.17) is 0 Å². The van der Waals surface area contributed by atoms with Crippen LogP contribution in [0.25, 0.3) is 0 Å². The summed E-state index contributed by atoms with van der Waals surface area (Å²) in [4.78, 5) is 4.40. The zero-order chi connectivity index (χ0) is 15.5. The van der Waals surface area contributed by atoms with Crippen molar-refractivity contribution in [2.45, 2.75) is 38.5 Å². The van der Waals surface area contributed by atoms with Crippen LogP contribution in [0.2, 0.25) is 0 Å². The molecule has 1 aromatic carbocycles. The summed E-state index contributed by atoms with van der Waals surface area (Å²) in [6, 6.07) is 6.80. The summed E-state index contributed by atoms with van der Waals surface area (Å²) >= 11 is 0. The van der Waals surface area contributed by atoms with E-state index in [1.807, 2.05) is 20.8 Å². The van der Waals surface area contributed by atoms with Gasteiger partial charge >= 0.3 is 0 Å². The van der Waals surface area contributed by atoms with Gasteiger partial charge in [-0.1, -0.05) is 37.5 Å². The van der Waals surface area contributed by atoms with Gasteiger partial charge in [-0.05, 0) is 31.4 Å². The third-order valence-electron chi connectivity index (χ3n) is 3.13. The molecular weight excluding hydrogens is 284 g/mol. The van der Waals surface area contributed by atoms with E-state index in [9.17, 15) is 8.42 Å². The van der Waals surface area contributed by atoms with Crippen molar-refractivity contribution in [3.63, 3.8) is 0 Å². The maximum Gasteiger partial charge on any atom is 0.269 e. The van der Waals surface area contributed by atoms with Crippen molar-refractivity contribution in [2.75, 3.05) is 0 Å². The van der Waals surface area contributed by atoms with Gasteiger partial charge in [0, 0.05) is 6.42 Å². The Kier molecular flexibility index (Phi) is 4.49. The first-order valence-electron chi connectivity index (χ1n) is 6.88. The molecule has 0 atom stereocenters. The van der Waals surface area contributed by atoms with Gasteiger partial charge < -0.3 is 0 Å². The molecule has 0 spiro atoms. The first kappa shape index (κ1) is 15.3. The van der Waals surface area contributed by atoms with E-state index < -0.39 is 10.0 Å². The molecule has 2 rings (SSSR count). The Labute approximate surface area is 125 Å². The maximum atomic E-state index is 12.7. The van der Waals surface area contributed by atoms with Gasteiger partial charge in [-0.25, -0.2) is 17.4 Å². The normalized spacial score (nSPS) is 11.0. The fourth-order valence-corrected chi connectivity index (χ4v) is 3.37. The zero-order valence-electron chi connectivity index (χ0n) is 12.4. The monoisotopic (exact) mass is 302 g/mol. The van der Waals surface area contributed by atoms with E-state index in [0.717, 1.165) is 5.56 Å². The molecule has 0 aliphatic heterocycles. The number of rotatable bonds is 3. The molecule has 0 unspecified atom stereocenters. The second kappa shape index (κ2) is 6.15. The molecule has 2 aromatic rings. The molecule has 0 fully saturated rings. The van der Waals surface area contributed by atoms with Crippen molar-refractivity contribution in [1.29, 1.82) is 0 Å². The molecule has 0 saturated heterocycles. The molecule has 0 N–H and O–H groups in total. The summed E-state index contributed by atoms with van der Waals surface area (Å²) in [5.74, 6) is 5.85. The summed E-state index contributed by atoms with van der Waals surface area (Å²) in [5.41, 5.74) is 2.18. The van der Waals surface area contributed by atoms with Crippen LogP contribution in [0.3, 0.4) is 0 Å². The lowest BCUT2D eigenvalue weighted by Gasteiger charge is -2.08. The van der Waals surface area contributed by atoms with Crippen LogP contribution >= 0.6 is 0 Å². The van der Waals surface area contributed by atoms with Crippen molar-refractivity contribution in [2.24, 2.45) is 0 Å².